The number of hydrogen-bond donors (Lipinski definition) is 2. The number of rotatable bonds is 6. The summed E-state index contributed by atoms with van der Waals surface area (Å²) < 4.78 is 0. The van der Waals surface area contributed by atoms with Gasteiger partial charge in [0.15, 0.2) is 0 Å². The van der Waals surface area contributed by atoms with Crippen LogP contribution in [0.2, 0.25) is 5.02 Å². The van der Waals surface area contributed by atoms with E-state index in [1.54, 1.807) is 6.92 Å². The number of nitrogens with one attached hydrogen (secondary N) is 1. The minimum Gasteiger partial charge on any atom is -0.354 e. The van der Waals surface area contributed by atoms with E-state index < -0.39 is 6.04 Å². The molecule has 106 valence electrons. The van der Waals surface area contributed by atoms with Crippen molar-refractivity contribution in [1.29, 1.82) is 0 Å². The van der Waals surface area contributed by atoms with Gasteiger partial charge in [-0.15, -0.1) is 0 Å². The van der Waals surface area contributed by atoms with Crippen LogP contribution in [0.3, 0.4) is 0 Å². The summed E-state index contributed by atoms with van der Waals surface area (Å²) >= 11 is 5.93. The van der Waals surface area contributed by atoms with Gasteiger partial charge in [0.05, 0.1) is 6.04 Å². The van der Waals surface area contributed by atoms with E-state index in [4.69, 9.17) is 17.3 Å². The van der Waals surface area contributed by atoms with Crippen LogP contribution in [-0.2, 0) is 10.2 Å². The predicted molar refractivity (Wildman–Crippen MR) is 80.4 cm³/mol. The standard InChI is InChI=1S/C15H23ClN2O/c1-4-15(5-2,10-18-14(19)11(3)17)12-6-8-13(16)9-7-12/h6-9,11H,4-5,10,17H2,1-3H3,(H,18,19)/t11-/m0/s1. The van der Waals surface area contributed by atoms with E-state index in [2.05, 4.69) is 19.2 Å². The van der Waals surface area contributed by atoms with Crippen molar-refractivity contribution in [2.45, 2.75) is 45.1 Å². The van der Waals surface area contributed by atoms with Gasteiger partial charge in [-0.25, -0.2) is 0 Å². The zero-order chi connectivity index (χ0) is 14.5. The Morgan fingerprint density at radius 1 is 1.32 bits per heavy atom. The SMILES string of the molecule is CCC(CC)(CNC(=O)[C@H](C)N)c1ccc(Cl)cc1. The lowest BCUT2D eigenvalue weighted by Crippen LogP contribution is -2.45. The summed E-state index contributed by atoms with van der Waals surface area (Å²) in [5.41, 5.74) is 6.72. The molecule has 0 bridgehead atoms. The lowest BCUT2D eigenvalue weighted by atomic mass is 9.76. The number of amides is 1. The van der Waals surface area contributed by atoms with Gasteiger partial charge < -0.3 is 11.1 Å². The highest BCUT2D eigenvalue weighted by molar-refractivity contribution is 6.30. The molecule has 0 aliphatic rings. The van der Waals surface area contributed by atoms with E-state index in [1.165, 1.54) is 5.56 Å². The van der Waals surface area contributed by atoms with Gasteiger partial charge in [-0.3, -0.25) is 4.79 Å². The van der Waals surface area contributed by atoms with Crippen molar-refractivity contribution in [3.63, 3.8) is 0 Å². The van der Waals surface area contributed by atoms with Crippen molar-refractivity contribution in [3.8, 4) is 0 Å². The van der Waals surface area contributed by atoms with Crippen LogP contribution in [0.25, 0.3) is 0 Å². The molecule has 1 aromatic rings. The zero-order valence-corrected chi connectivity index (χ0v) is 12.6. The molecule has 0 aliphatic heterocycles. The molecule has 0 aliphatic carbocycles. The first kappa shape index (κ1) is 16.0. The Kier molecular flexibility index (Phi) is 5.83. The number of halogens is 1. The second-order valence-electron chi connectivity index (χ2n) is 5.00. The van der Waals surface area contributed by atoms with Gasteiger partial charge in [0.2, 0.25) is 5.91 Å². The molecule has 0 fully saturated rings. The molecule has 1 atom stereocenters. The van der Waals surface area contributed by atoms with Crippen molar-refractivity contribution in [2.75, 3.05) is 6.54 Å². The Hall–Kier alpha value is -1.06. The van der Waals surface area contributed by atoms with Gasteiger partial charge >= 0.3 is 0 Å². The monoisotopic (exact) mass is 282 g/mol. The molecular weight excluding hydrogens is 260 g/mol. The van der Waals surface area contributed by atoms with E-state index in [0.717, 1.165) is 17.9 Å². The number of benzene rings is 1. The summed E-state index contributed by atoms with van der Waals surface area (Å²) in [4.78, 5) is 11.6. The summed E-state index contributed by atoms with van der Waals surface area (Å²) in [5.74, 6) is -0.111. The third-order valence-corrected chi connectivity index (χ3v) is 4.08. The number of carbonyl (C=O) groups excluding carboxylic acids is 1. The van der Waals surface area contributed by atoms with E-state index in [-0.39, 0.29) is 11.3 Å². The molecule has 19 heavy (non-hydrogen) atoms. The van der Waals surface area contributed by atoms with Crippen molar-refractivity contribution in [3.05, 3.63) is 34.9 Å². The van der Waals surface area contributed by atoms with Crippen LogP contribution in [0.5, 0.6) is 0 Å². The third kappa shape index (κ3) is 3.95. The smallest absolute Gasteiger partial charge is 0.236 e. The normalized spacial score (nSPS) is 13.1. The maximum Gasteiger partial charge on any atom is 0.236 e. The molecule has 0 saturated heterocycles. The van der Waals surface area contributed by atoms with Crippen molar-refractivity contribution >= 4 is 17.5 Å². The third-order valence-electron chi connectivity index (χ3n) is 3.82. The minimum atomic E-state index is -0.475. The van der Waals surface area contributed by atoms with E-state index in [1.807, 2.05) is 24.3 Å². The Labute approximate surface area is 120 Å². The van der Waals surface area contributed by atoms with Crippen LogP contribution in [0.4, 0.5) is 0 Å². The molecule has 3 N–H and O–H groups in total. The van der Waals surface area contributed by atoms with Gasteiger partial charge in [-0.05, 0) is 37.5 Å². The number of hydrogen-bond acceptors (Lipinski definition) is 2. The van der Waals surface area contributed by atoms with E-state index in [9.17, 15) is 4.79 Å². The van der Waals surface area contributed by atoms with Crippen molar-refractivity contribution in [2.24, 2.45) is 5.73 Å². The molecule has 1 amide bonds. The van der Waals surface area contributed by atoms with Crippen LogP contribution in [0, 0.1) is 0 Å². The van der Waals surface area contributed by atoms with Gasteiger partial charge in [-0.1, -0.05) is 37.6 Å². The number of carbonyl (C=O) groups is 1. The second-order valence-corrected chi connectivity index (χ2v) is 5.44. The first-order valence-electron chi connectivity index (χ1n) is 6.74. The largest absolute Gasteiger partial charge is 0.354 e. The van der Waals surface area contributed by atoms with Gasteiger partial charge in [0.1, 0.15) is 0 Å². The molecule has 0 radical (unpaired) electrons. The molecule has 0 aromatic heterocycles. The first-order valence-corrected chi connectivity index (χ1v) is 7.12. The van der Waals surface area contributed by atoms with Crippen LogP contribution in [0.1, 0.15) is 39.2 Å². The summed E-state index contributed by atoms with van der Waals surface area (Å²) in [6.45, 7) is 6.56. The quantitative estimate of drug-likeness (QED) is 0.843. The lowest BCUT2D eigenvalue weighted by Gasteiger charge is -2.33. The molecule has 0 spiro atoms. The summed E-state index contributed by atoms with van der Waals surface area (Å²) in [6.07, 6.45) is 1.90. The fourth-order valence-electron chi connectivity index (χ4n) is 2.23. The maximum atomic E-state index is 11.6. The van der Waals surface area contributed by atoms with Gasteiger partial charge in [-0.2, -0.15) is 0 Å². The van der Waals surface area contributed by atoms with Crippen LogP contribution in [0.15, 0.2) is 24.3 Å². The Bertz CT molecular complexity index is 411. The average Bonchev–Trinajstić information content (AvgIpc) is 2.41. The molecule has 3 nitrogen and oxygen atoms in total. The molecule has 0 saturated carbocycles. The summed E-state index contributed by atoms with van der Waals surface area (Å²) in [6, 6.07) is 7.38. The second kappa shape index (κ2) is 6.92. The molecule has 1 aromatic carbocycles. The van der Waals surface area contributed by atoms with Crippen LogP contribution < -0.4 is 11.1 Å². The zero-order valence-electron chi connectivity index (χ0n) is 11.9. The lowest BCUT2D eigenvalue weighted by molar-refractivity contribution is -0.122. The van der Waals surface area contributed by atoms with Crippen LogP contribution >= 0.6 is 11.6 Å². The molecular formula is C15H23ClN2O. The average molecular weight is 283 g/mol. The Balaban J connectivity index is 2.90. The Morgan fingerprint density at radius 3 is 2.26 bits per heavy atom. The number of nitrogens with two attached hydrogens (primary N) is 1. The highest BCUT2D eigenvalue weighted by atomic mass is 35.5. The van der Waals surface area contributed by atoms with E-state index in [0.29, 0.717) is 6.54 Å². The summed E-state index contributed by atoms with van der Waals surface area (Å²) in [5, 5.41) is 3.67. The Morgan fingerprint density at radius 2 is 1.84 bits per heavy atom. The molecule has 0 heterocycles. The summed E-state index contributed by atoms with van der Waals surface area (Å²) in [7, 11) is 0. The fraction of sp³-hybridized carbons (Fsp3) is 0.533. The molecule has 1 rings (SSSR count). The first-order chi connectivity index (χ1) is 8.95. The van der Waals surface area contributed by atoms with Crippen molar-refractivity contribution in [1.82, 2.24) is 5.32 Å². The van der Waals surface area contributed by atoms with Gasteiger partial charge in [0.25, 0.3) is 0 Å². The maximum absolute atomic E-state index is 11.6. The topological polar surface area (TPSA) is 55.1 Å². The minimum absolute atomic E-state index is 0.0604. The fourth-order valence-corrected chi connectivity index (χ4v) is 2.36. The highest BCUT2D eigenvalue weighted by Crippen LogP contribution is 2.31. The molecule has 4 heteroatoms. The predicted octanol–water partition coefficient (Wildman–Crippen LogP) is 2.86. The van der Waals surface area contributed by atoms with Crippen LogP contribution in [-0.4, -0.2) is 18.5 Å². The van der Waals surface area contributed by atoms with Crippen molar-refractivity contribution < 1.29 is 4.79 Å². The van der Waals surface area contributed by atoms with E-state index >= 15 is 0 Å². The van der Waals surface area contributed by atoms with Gasteiger partial charge in [0, 0.05) is 17.0 Å². The molecule has 0 unspecified atom stereocenters. The highest BCUT2D eigenvalue weighted by Gasteiger charge is 2.29.